The molecule has 1 aliphatic carbocycles. The van der Waals surface area contributed by atoms with Crippen molar-refractivity contribution in [1.82, 2.24) is 4.98 Å². The number of carbonyl (C=O) groups is 1. The number of carbonyl (C=O) groups excluding carboxylic acids is 1. The van der Waals surface area contributed by atoms with Crippen LogP contribution in [0.3, 0.4) is 0 Å². The van der Waals surface area contributed by atoms with Crippen LogP contribution in [0.25, 0.3) is 0 Å². The molecule has 0 N–H and O–H groups in total. The molecule has 1 atom stereocenters. The molecule has 1 fully saturated rings. The lowest BCUT2D eigenvalue weighted by atomic mass is 9.82. The molecule has 19 heavy (non-hydrogen) atoms. The fraction of sp³-hybridized carbons (Fsp3) is 0.733. The minimum absolute atomic E-state index is 0.196. The fourth-order valence-electron chi connectivity index (χ4n) is 2.96. The average molecular weight is 265 g/mol. The summed E-state index contributed by atoms with van der Waals surface area (Å²) in [4.78, 5) is 16.3. The van der Waals surface area contributed by atoms with Gasteiger partial charge in [-0.15, -0.1) is 0 Å². The first-order valence-electron chi connectivity index (χ1n) is 7.07. The smallest absolute Gasteiger partial charge is 0.375 e. The molecule has 1 saturated carbocycles. The SMILES string of the molecule is CCCc1nc(C2CCCC2(C)C)oc1C(=O)OC. The third kappa shape index (κ3) is 2.67. The van der Waals surface area contributed by atoms with Crippen molar-refractivity contribution in [2.75, 3.05) is 7.11 Å². The van der Waals surface area contributed by atoms with E-state index >= 15 is 0 Å². The molecule has 0 amide bonds. The van der Waals surface area contributed by atoms with E-state index in [0.29, 0.717) is 17.6 Å². The second kappa shape index (κ2) is 5.35. The van der Waals surface area contributed by atoms with Gasteiger partial charge in [0, 0.05) is 5.92 Å². The first kappa shape index (κ1) is 14.1. The summed E-state index contributed by atoms with van der Waals surface area (Å²) in [7, 11) is 1.37. The molecule has 1 unspecified atom stereocenters. The van der Waals surface area contributed by atoms with E-state index in [2.05, 4.69) is 25.8 Å². The molecule has 0 aliphatic heterocycles. The minimum atomic E-state index is -0.419. The highest BCUT2D eigenvalue weighted by molar-refractivity contribution is 5.87. The summed E-state index contributed by atoms with van der Waals surface area (Å²) in [5.41, 5.74) is 0.939. The molecule has 0 spiro atoms. The highest BCUT2D eigenvalue weighted by Gasteiger charge is 2.39. The topological polar surface area (TPSA) is 52.3 Å². The number of aromatic nitrogens is 1. The second-order valence-corrected chi connectivity index (χ2v) is 6.00. The third-order valence-corrected chi connectivity index (χ3v) is 4.13. The number of hydrogen-bond donors (Lipinski definition) is 0. The Morgan fingerprint density at radius 3 is 2.79 bits per heavy atom. The average Bonchev–Trinajstić information content (AvgIpc) is 2.92. The molecule has 4 heteroatoms. The Hall–Kier alpha value is -1.32. The van der Waals surface area contributed by atoms with E-state index in [9.17, 15) is 4.79 Å². The molecule has 1 heterocycles. The van der Waals surface area contributed by atoms with Gasteiger partial charge in [-0.3, -0.25) is 0 Å². The number of aryl methyl sites for hydroxylation is 1. The number of hydrogen-bond acceptors (Lipinski definition) is 4. The lowest BCUT2D eigenvalue weighted by Gasteiger charge is -2.23. The van der Waals surface area contributed by atoms with E-state index in [-0.39, 0.29) is 5.41 Å². The van der Waals surface area contributed by atoms with Gasteiger partial charge in [0.1, 0.15) is 0 Å². The van der Waals surface area contributed by atoms with Gasteiger partial charge in [-0.2, -0.15) is 0 Å². The van der Waals surface area contributed by atoms with Crippen molar-refractivity contribution in [2.45, 2.75) is 58.8 Å². The van der Waals surface area contributed by atoms with Crippen LogP contribution in [0.2, 0.25) is 0 Å². The molecule has 2 rings (SSSR count). The number of methoxy groups -OCH3 is 1. The molecule has 0 aromatic carbocycles. The molecule has 0 bridgehead atoms. The van der Waals surface area contributed by atoms with Crippen LogP contribution >= 0.6 is 0 Å². The number of nitrogens with zero attached hydrogens (tertiary/aromatic N) is 1. The Kier molecular flexibility index (Phi) is 3.97. The standard InChI is InChI=1S/C15H23NO3/c1-5-7-11-12(14(17)18-4)19-13(16-11)10-8-6-9-15(10,2)3/h10H,5-9H2,1-4H3. The van der Waals surface area contributed by atoms with Crippen LogP contribution in [0.5, 0.6) is 0 Å². The predicted molar refractivity (Wildman–Crippen MR) is 72.2 cm³/mol. The number of oxazole rings is 1. The zero-order valence-corrected chi connectivity index (χ0v) is 12.3. The van der Waals surface area contributed by atoms with Gasteiger partial charge in [0.2, 0.25) is 5.76 Å². The van der Waals surface area contributed by atoms with Crippen LogP contribution in [0, 0.1) is 5.41 Å². The highest BCUT2D eigenvalue weighted by atomic mass is 16.5. The van der Waals surface area contributed by atoms with E-state index in [0.717, 1.165) is 25.0 Å². The van der Waals surface area contributed by atoms with Crippen LogP contribution in [0.15, 0.2) is 4.42 Å². The lowest BCUT2D eigenvalue weighted by Crippen LogP contribution is -2.15. The van der Waals surface area contributed by atoms with Gasteiger partial charge in [0.05, 0.1) is 12.8 Å². The van der Waals surface area contributed by atoms with Crippen molar-refractivity contribution in [3.05, 3.63) is 17.3 Å². The van der Waals surface area contributed by atoms with Crippen LogP contribution in [0.1, 0.15) is 74.5 Å². The van der Waals surface area contributed by atoms with Crippen molar-refractivity contribution in [3.63, 3.8) is 0 Å². The van der Waals surface area contributed by atoms with Crippen molar-refractivity contribution in [3.8, 4) is 0 Å². The Morgan fingerprint density at radius 1 is 1.53 bits per heavy atom. The Bertz CT molecular complexity index is 462. The monoisotopic (exact) mass is 265 g/mol. The van der Waals surface area contributed by atoms with Gasteiger partial charge in [0.15, 0.2) is 5.89 Å². The van der Waals surface area contributed by atoms with E-state index in [1.165, 1.54) is 20.0 Å². The Balaban J connectivity index is 2.34. The van der Waals surface area contributed by atoms with Crippen LogP contribution < -0.4 is 0 Å². The maximum absolute atomic E-state index is 11.7. The third-order valence-electron chi connectivity index (χ3n) is 4.13. The molecular weight excluding hydrogens is 242 g/mol. The summed E-state index contributed by atoms with van der Waals surface area (Å²) >= 11 is 0. The maximum atomic E-state index is 11.7. The molecule has 0 saturated heterocycles. The summed E-state index contributed by atoms with van der Waals surface area (Å²) in [6.07, 6.45) is 5.14. The summed E-state index contributed by atoms with van der Waals surface area (Å²) in [6, 6.07) is 0. The van der Waals surface area contributed by atoms with Crippen molar-refractivity contribution < 1.29 is 13.9 Å². The van der Waals surface area contributed by atoms with Gasteiger partial charge in [-0.25, -0.2) is 9.78 Å². The van der Waals surface area contributed by atoms with E-state index in [4.69, 9.17) is 9.15 Å². The molecule has 1 aromatic heterocycles. The van der Waals surface area contributed by atoms with E-state index in [1.54, 1.807) is 0 Å². The largest absolute Gasteiger partial charge is 0.463 e. The Labute approximate surface area is 114 Å². The van der Waals surface area contributed by atoms with Crippen molar-refractivity contribution >= 4 is 5.97 Å². The lowest BCUT2D eigenvalue weighted by molar-refractivity contribution is 0.0559. The van der Waals surface area contributed by atoms with Crippen LogP contribution in [0.4, 0.5) is 0 Å². The zero-order valence-electron chi connectivity index (χ0n) is 12.3. The maximum Gasteiger partial charge on any atom is 0.375 e. The van der Waals surface area contributed by atoms with Gasteiger partial charge in [-0.1, -0.05) is 33.6 Å². The van der Waals surface area contributed by atoms with Crippen molar-refractivity contribution in [2.24, 2.45) is 5.41 Å². The molecule has 4 nitrogen and oxygen atoms in total. The predicted octanol–water partition coefficient (Wildman–Crippen LogP) is 3.71. The molecule has 1 aromatic rings. The summed E-state index contributed by atoms with van der Waals surface area (Å²) < 4.78 is 10.5. The molecule has 106 valence electrons. The van der Waals surface area contributed by atoms with Gasteiger partial charge in [-0.05, 0) is 24.7 Å². The Morgan fingerprint density at radius 2 is 2.26 bits per heavy atom. The second-order valence-electron chi connectivity index (χ2n) is 6.00. The fourth-order valence-corrected chi connectivity index (χ4v) is 2.96. The normalized spacial score (nSPS) is 21.6. The van der Waals surface area contributed by atoms with Crippen LogP contribution in [-0.4, -0.2) is 18.1 Å². The zero-order chi connectivity index (χ0) is 14.0. The van der Waals surface area contributed by atoms with Crippen molar-refractivity contribution in [1.29, 1.82) is 0 Å². The number of ether oxygens (including phenoxy) is 1. The first-order valence-corrected chi connectivity index (χ1v) is 7.07. The van der Waals surface area contributed by atoms with Crippen LogP contribution in [-0.2, 0) is 11.2 Å². The van der Waals surface area contributed by atoms with Gasteiger partial charge in [0.25, 0.3) is 0 Å². The minimum Gasteiger partial charge on any atom is -0.463 e. The number of rotatable bonds is 4. The summed E-state index contributed by atoms with van der Waals surface area (Å²) in [5, 5.41) is 0. The quantitative estimate of drug-likeness (QED) is 0.779. The molecule has 1 aliphatic rings. The summed E-state index contributed by atoms with van der Waals surface area (Å²) in [5.74, 6) is 0.896. The molecule has 0 radical (unpaired) electrons. The summed E-state index contributed by atoms with van der Waals surface area (Å²) in [6.45, 7) is 6.55. The van der Waals surface area contributed by atoms with E-state index < -0.39 is 5.97 Å². The van der Waals surface area contributed by atoms with Gasteiger partial charge >= 0.3 is 5.97 Å². The first-order chi connectivity index (χ1) is 8.99. The van der Waals surface area contributed by atoms with E-state index in [1.807, 2.05) is 0 Å². The van der Waals surface area contributed by atoms with Gasteiger partial charge < -0.3 is 9.15 Å². The molecular formula is C15H23NO3. The highest BCUT2D eigenvalue weighted by Crippen LogP contribution is 2.48. The number of esters is 1.